The number of thiazole rings is 1. The van der Waals surface area contributed by atoms with Crippen LogP contribution < -0.4 is 19.6 Å². The Bertz CT molecular complexity index is 1550. The molecule has 186 valence electrons. The molecule has 1 atom stereocenters. The molecule has 36 heavy (non-hydrogen) atoms. The van der Waals surface area contributed by atoms with Crippen LogP contribution in [-0.2, 0) is 14.3 Å². The second-order valence-electron chi connectivity index (χ2n) is 7.81. The minimum Gasteiger partial charge on any atom is -0.496 e. The molecule has 0 bridgehead atoms. The van der Waals surface area contributed by atoms with Crippen molar-refractivity contribution in [2.24, 2.45) is 4.99 Å². The number of hydrogen-bond donors (Lipinski definition) is 0. The summed E-state index contributed by atoms with van der Waals surface area (Å²) in [5.41, 5.74) is 2.35. The first-order valence-corrected chi connectivity index (χ1v) is 12.6. The van der Waals surface area contributed by atoms with Crippen LogP contribution in [0.15, 0.2) is 68.0 Å². The third-order valence-corrected chi connectivity index (χ3v) is 7.24. The Morgan fingerprint density at radius 3 is 2.47 bits per heavy atom. The number of carbonyl (C=O) groups excluding carboxylic acids is 2. The standard InChI is InChI=1S/C26H23BrN2O6S/c1-5-35-25(32)21-14(2)28-26-29(22(21)17-10-11-19(33-3)18(27)13-17)23(30)20(36-26)12-15-6-8-16(9-7-15)24(31)34-4/h6-13,22H,5H2,1-4H3/b20-12-/t22-/m1/s1. The van der Waals surface area contributed by atoms with Gasteiger partial charge in [0.2, 0.25) is 0 Å². The highest BCUT2D eigenvalue weighted by atomic mass is 79.9. The maximum absolute atomic E-state index is 13.7. The summed E-state index contributed by atoms with van der Waals surface area (Å²) in [7, 11) is 2.88. The molecule has 10 heteroatoms. The van der Waals surface area contributed by atoms with Gasteiger partial charge in [0.05, 0.1) is 52.7 Å². The largest absolute Gasteiger partial charge is 0.496 e. The summed E-state index contributed by atoms with van der Waals surface area (Å²) in [6.45, 7) is 3.66. The van der Waals surface area contributed by atoms with Crippen LogP contribution >= 0.6 is 27.3 Å². The average Bonchev–Trinajstić information content (AvgIpc) is 3.17. The van der Waals surface area contributed by atoms with E-state index in [1.807, 2.05) is 12.1 Å². The maximum Gasteiger partial charge on any atom is 0.338 e. The van der Waals surface area contributed by atoms with Gasteiger partial charge in [0.25, 0.3) is 5.56 Å². The summed E-state index contributed by atoms with van der Waals surface area (Å²) >= 11 is 4.73. The van der Waals surface area contributed by atoms with Gasteiger partial charge in [0.15, 0.2) is 4.80 Å². The average molecular weight is 571 g/mol. The normalized spacial score (nSPS) is 15.2. The smallest absolute Gasteiger partial charge is 0.338 e. The van der Waals surface area contributed by atoms with Crippen LogP contribution in [0.4, 0.5) is 0 Å². The zero-order chi connectivity index (χ0) is 26.0. The fraction of sp³-hybridized carbons (Fsp3) is 0.231. The van der Waals surface area contributed by atoms with Crippen LogP contribution in [0.3, 0.4) is 0 Å². The van der Waals surface area contributed by atoms with Gasteiger partial charge in [-0.25, -0.2) is 14.6 Å². The molecule has 3 aromatic rings. The van der Waals surface area contributed by atoms with E-state index in [0.717, 1.165) is 5.56 Å². The Hall–Kier alpha value is -3.50. The first kappa shape index (κ1) is 25.6. The molecule has 0 radical (unpaired) electrons. The lowest BCUT2D eigenvalue weighted by molar-refractivity contribution is -0.139. The molecular formula is C26H23BrN2O6S. The molecule has 0 aliphatic carbocycles. The number of carbonyl (C=O) groups is 2. The van der Waals surface area contributed by atoms with Crippen LogP contribution in [0.25, 0.3) is 6.08 Å². The Labute approximate surface area is 219 Å². The van der Waals surface area contributed by atoms with Crippen molar-refractivity contribution in [3.05, 3.63) is 94.6 Å². The van der Waals surface area contributed by atoms with Gasteiger partial charge in [0.1, 0.15) is 5.75 Å². The van der Waals surface area contributed by atoms with E-state index >= 15 is 0 Å². The highest BCUT2D eigenvalue weighted by Crippen LogP contribution is 2.35. The van der Waals surface area contributed by atoms with Gasteiger partial charge >= 0.3 is 11.9 Å². The van der Waals surface area contributed by atoms with E-state index in [-0.39, 0.29) is 12.2 Å². The number of aromatic nitrogens is 1. The number of rotatable bonds is 6. The molecule has 0 unspecified atom stereocenters. The molecule has 0 saturated carbocycles. The van der Waals surface area contributed by atoms with Crippen molar-refractivity contribution in [2.45, 2.75) is 19.9 Å². The predicted molar refractivity (Wildman–Crippen MR) is 139 cm³/mol. The van der Waals surface area contributed by atoms with E-state index in [0.29, 0.717) is 42.0 Å². The topological polar surface area (TPSA) is 96.2 Å². The Morgan fingerprint density at radius 2 is 1.86 bits per heavy atom. The van der Waals surface area contributed by atoms with Crippen molar-refractivity contribution in [3.63, 3.8) is 0 Å². The van der Waals surface area contributed by atoms with Crippen molar-refractivity contribution < 1.29 is 23.8 Å². The molecule has 2 heterocycles. The summed E-state index contributed by atoms with van der Waals surface area (Å²) in [4.78, 5) is 43.4. The minimum atomic E-state index is -0.730. The third kappa shape index (κ3) is 4.78. The molecule has 1 aromatic heterocycles. The van der Waals surface area contributed by atoms with Crippen molar-refractivity contribution in [1.29, 1.82) is 0 Å². The van der Waals surface area contributed by atoms with Crippen LogP contribution in [0.1, 0.15) is 41.4 Å². The molecule has 0 N–H and O–H groups in total. The van der Waals surface area contributed by atoms with E-state index < -0.39 is 18.0 Å². The summed E-state index contributed by atoms with van der Waals surface area (Å²) in [6.07, 6.45) is 1.73. The number of nitrogens with zero attached hydrogens (tertiary/aromatic N) is 2. The molecule has 1 aliphatic heterocycles. The number of benzene rings is 2. The molecule has 0 saturated heterocycles. The first-order chi connectivity index (χ1) is 17.3. The number of fused-ring (bicyclic) bond motifs is 1. The van der Waals surface area contributed by atoms with Gasteiger partial charge in [0, 0.05) is 0 Å². The van der Waals surface area contributed by atoms with Crippen LogP contribution in [0.5, 0.6) is 5.75 Å². The zero-order valence-corrected chi connectivity index (χ0v) is 22.4. The van der Waals surface area contributed by atoms with Crippen molar-refractivity contribution in [3.8, 4) is 5.75 Å². The first-order valence-electron chi connectivity index (χ1n) is 11.0. The number of esters is 2. The van der Waals surface area contributed by atoms with E-state index in [1.54, 1.807) is 57.4 Å². The van der Waals surface area contributed by atoms with Gasteiger partial charge in [-0.2, -0.15) is 0 Å². The van der Waals surface area contributed by atoms with Crippen molar-refractivity contribution in [1.82, 2.24) is 4.57 Å². The number of allylic oxidation sites excluding steroid dienone is 1. The zero-order valence-electron chi connectivity index (χ0n) is 20.0. The third-order valence-electron chi connectivity index (χ3n) is 5.64. The van der Waals surface area contributed by atoms with Crippen molar-refractivity contribution >= 4 is 45.3 Å². The maximum atomic E-state index is 13.7. The van der Waals surface area contributed by atoms with Crippen molar-refractivity contribution in [2.75, 3.05) is 20.8 Å². The fourth-order valence-electron chi connectivity index (χ4n) is 3.94. The number of ether oxygens (including phenoxy) is 3. The van der Waals surface area contributed by atoms with Gasteiger partial charge in [-0.3, -0.25) is 9.36 Å². The van der Waals surface area contributed by atoms with Gasteiger partial charge in [-0.1, -0.05) is 29.5 Å². The molecule has 0 amide bonds. The second kappa shape index (κ2) is 10.6. The van der Waals surface area contributed by atoms with E-state index in [4.69, 9.17) is 14.2 Å². The van der Waals surface area contributed by atoms with Gasteiger partial charge < -0.3 is 14.2 Å². The van der Waals surface area contributed by atoms with E-state index in [1.165, 1.54) is 23.0 Å². The number of methoxy groups -OCH3 is 2. The number of halogens is 1. The molecule has 0 fully saturated rings. The Morgan fingerprint density at radius 1 is 1.14 bits per heavy atom. The van der Waals surface area contributed by atoms with Crippen LogP contribution in [-0.4, -0.2) is 37.3 Å². The lowest BCUT2D eigenvalue weighted by Gasteiger charge is -2.25. The number of hydrogen-bond acceptors (Lipinski definition) is 8. The molecule has 4 rings (SSSR count). The van der Waals surface area contributed by atoms with Crippen LogP contribution in [0, 0.1) is 0 Å². The predicted octanol–water partition coefficient (Wildman–Crippen LogP) is 3.36. The SMILES string of the molecule is CCOC(=O)C1=C(C)N=c2s/c(=C\c3ccc(C(=O)OC)cc3)c(=O)n2[C@@H]1c1ccc(OC)c(Br)c1. The highest BCUT2D eigenvalue weighted by molar-refractivity contribution is 9.10. The quantitative estimate of drug-likeness (QED) is 0.422. The molecule has 2 aromatic carbocycles. The Kier molecular flexibility index (Phi) is 7.56. The molecule has 1 aliphatic rings. The minimum absolute atomic E-state index is 0.195. The summed E-state index contributed by atoms with van der Waals surface area (Å²) in [5.74, 6) is -0.336. The summed E-state index contributed by atoms with van der Waals surface area (Å²) < 4.78 is 18.1. The van der Waals surface area contributed by atoms with Gasteiger partial charge in [-0.05, 0) is 71.2 Å². The van der Waals surface area contributed by atoms with Gasteiger partial charge in [-0.15, -0.1) is 0 Å². The summed E-state index contributed by atoms with van der Waals surface area (Å²) in [5, 5.41) is 0. The Balaban J connectivity index is 1.89. The molecule has 0 spiro atoms. The monoisotopic (exact) mass is 570 g/mol. The lowest BCUT2D eigenvalue weighted by Crippen LogP contribution is -2.39. The molecule has 8 nitrogen and oxygen atoms in total. The van der Waals surface area contributed by atoms with E-state index in [9.17, 15) is 14.4 Å². The van der Waals surface area contributed by atoms with Crippen LogP contribution in [0.2, 0.25) is 0 Å². The summed E-state index contributed by atoms with van der Waals surface area (Å²) in [6, 6.07) is 11.4. The fourth-order valence-corrected chi connectivity index (χ4v) is 5.55. The second-order valence-corrected chi connectivity index (χ2v) is 9.67. The lowest BCUT2D eigenvalue weighted by atomic mass is 9.96. The van der Waals surface area contributed by atoms with E-state index in [2.05, 4.69) is 20.9 Å². The highest BCUT2D eigenvalue weighted by Gasteiger charge is 2.33. The molecular weight excluding hydrogens is 548 g/mol.